The van der Waals surface area contributed by atoms with Crippen molar-refractivity contribution in [2.45, 2.75) is 0 Å². The molecule has 0 bridgehead atoms. The van der Waals surface area contributed by atoms with Gasteiger partial charge in [-0.2, -0.15) is 0 Å². The molecule has 0 N–H and O–H groups in total. The zero-order chi connectivity index (χ0) is 6.41. The van der Waals surface area contributed by atoms with Crippen molar-refractivity contribution in [2.75, 3.05) is 0 Å². The molecule has 0 amide bonds. The molecule has 0 nitrogen and oxygen atoms in total. The predicted octanol–water partition coefficient (Wildman–Crippen LogP) is 3.17. The van der Waals surface area contributed by atoms with Crippen molar-refractivity contribution < 1.29 is 45.0 Å². The van der Waals surface area contributed by atoms with E-state index in [1.54, 1.807) is 0 Å². The Morgan fingerprint density at radius 3 is 0.625 bits per heavy atom. The van der Waals surface area contributed by atoms with Crippen molar-refractivity contribution in [3.63, 3.8) is 0 Å². The average Bonchev–Trinajstić information content (AvgIpc) is 0.592. The van der Waals surface area contributed by atoms with E-state index in [9.17, 15) is 23.3 Å². The second-order valence-electron chi connectivity index (χ2n) is 0.875. The van der Waals surface area contributed by atoms with E-state index in [1.165, 1.54) is 0 Å². The standard InChI is InChI=1S/F6S.Ti/c1-7(2,3,4,5)6;. The van der Waals surface area contributed by atoms with E-state index in [1.807, 2.05) is 0 Å². The quantitative estimate of drug-likeness (QED) is 0.410. The molecule has 0 saturated heterocycles. The van der Waals surface area contributed by atoms with Gasteiger partial charge in [-0.15, -0.1) is 0 Å². The van der Waals surface area contributed by atoms with Gasteiger partial charge in [-0.3, -0.25) is 0 Å². The molecule has 8 heavy (non-hydrogen) atoms. The van der Waals surface area contributed by atoms with Gasteiger partial charge in [0.05, 0.1) is 0 Å². The topological polar surface area (TPSA) is 0 Å². The molecule has 8 heteroatoms. The third-order valence-corrected chi connectivity index (χ3v) is 0. The first-order chi connectivity index (χ1) is 2.45. The van der Waals surface area contributed by atoms with Crippen LogP contribution in [-0.2, 0) is 21.7 Å². The second kappa shape index (κ2) is 1.38. The Hall–Kier alpha value is 0.644. The monoisotopic (exact) mass is 194 g/mol. The van der Waals surface area contributed by atoms with Gasteiger partial charge in [0.2, 0.25) is 0 Å². The van der Waals surface area contributed by atoms with E-state index < -0.39 is 10.6 Å². The van der Waals surface area contributed by atoms with E-state index in [2.05, 4.69) is 0 Å². The summed E-state index contributed by atoms with van der Waals surface area (Å²) in [6.07, 6.45) is 0. The van der Waals surface area contributed by atoms with Gasteiger partial charge in [0.25, 0.3) is 0 Å². The number of hydrogen-bond donors (Lipinski definition) is 0. The van der Waals surface area contributed by atoms with Crippen LogP contribution >= 0.6 is 10.6 Å². The third-order valence-electron chi connectivity index (χ3n) is 0. The molecule has 0 atom stereocenters. The first-order valence-electron chi connectivity index (χ1n) is 0.926. The van der Waals surface area contributed by atoms with Crippen LogP contribution in [0.3, 0.4) is 0 Å². The van der Waals surface area contributed by atoms with Crippen LogP contribution in [0.4, 0.5) is 23.3 Å². The Morgan fingerprint density at radius 1 is 0.625 bits per heavy atom. The van der Waals surface area contributed by atoms with Gasteiger partial charge < -0.3 is 0 Å². The third kappa shape index (κ3) is 510. The summed E-state index contributed by atoms with van der Waals surface area (Å²) >= 11 is 0. The fourth-order valence-corrected chi connectivity index (χ4v) is 0. The fourth-order valence-electron chi connectivity index (χ4n) is 0. The normalized spacial score (nSPS) is 20.2. The molecular weight excluding hydrogens is 194 g/mol. The molecule has 0 rings (SSSR count). The molecule has 0 unspecified atom stereocenters. The number of rotatable bonds is 0. The summed E-state index contributed by atoms with van der Waals surface area (Å²) in [6, 6.07) is 0. The summed E-state index contributed by atoms with van der Waals surface area (Å²) in [7, 11) is -10.5. The molecule has 0 aliphatic carbocycles. The Bertz CT molecular complexity index is 67.1. The fraction of sp³-hybridized carbons (Fsp3) is 0. The minimum atomic E-state index is -10.5. The van der Waals surface area contributed by atoms with Crippen molar-refractivity contribution in [1.82, 2.24) is 0 Å². The molecule has 0 aliphatic heterocycles. The van der Waals surface area contributed by atoms with Gasteiger partial charge >= 0.3 is 10.6 Å². The first kappa shape index (κ1) is 11.4. The van der Waals surface area contributed by atoms with Crippen molar-refractivity contribution >= 4 is 10.6 Å². The summed E-state index contributed by atoms with van der Waals surface area (Å²) in [5.74, 6) is 0. The summed E-state index contributed by atoms with van der Waals surface area (Å²) < 4.78 is 59.1. The molecule has 0 saturated carbocycles. The zero-order valence-corrected chi connectivity index (χ0v) is 5.55. The minimum absolute atomic E-state index is 0. The van der Waals surface area contributed by atoms with Crippen molar-refractivity contribution in [2.24, 2.45) is 0 Å². The molecule has 0 spiro atoms. The van der Waals surface area contributed by atoms with Crippen LogP contribution in [0.2, 0.25) is 0 Å². The van der Waals surface area contributed by atoms with Crippen LogP contribution in [0.1, 0.15) is 0 Å². The summed E-state index contributed by atoms with van der Waals surface area (Å²) in [4.78, 5) is 0. The molecule has 0 aromatic heterocycles. The smallest absolute Gasteiger partial charge is 0.0719 e. The molecule has 0 aliphatic rings. The predicted molar refractivity (Wildman–Crippen MR) is 14.2 cm³/mol. The van der Waals surface area contributed by atoms with E-state index in [4.69, 9.17) is 0 Å². The molecule has 0 aromatic rings. The van der Waals surface area contributed by atoms with E-state index in [-0.39, 0.29) is 21.7 Å². The van der Waals surface area contributed by atoms with E-state index in [0.717, 1.165) is 0 Å². The van der Waals surface area contributed by atoms with Crippen molar-refractivity contribution in [3.05, 3.63) is 0 Å². The van der Waals surface area contributed by atoms with Gasteiger partial charge in [0.1, 0.15) is 0 Å². The summed E-state index contributed by atoms with van der Waals surface area (Å²) in [6.45, 7) is 0. The number of hydrogen-bond acceptors (Lipinski definition) is 0. The van der Waals surface area contributed by atoms with Crippen LogP contribution in [0.5, 0.6) is 0 Å². The Balaban J connectivity index is 0. The molecule has 0 radical (unpaired) electrons. The summed E-state index contributed by atoms with van der Waals surface area (Å²) in [5, 5.41) is 0. The van der Waals surface area contributed by atoms with Crippen LogP contribution < -0.4 is 0 Å². The van der Waals surface area contributed by atoms with Gasteiger partial charge in [0.15, 0.2) is 0 Å². The maximum atomic E-state index is 9.85. The zero-order valence-electron chi connectivity index (χ0n) is 3.18. The molecule has 0 aromatic carbocycles. The van der Waals surface area contributed by atoms with Crippen LogP contribution in [0.15, 0.2) is 0 Å². The molecule has 0 heterocycles. The van der Waals surface area contributed by atoms with Crippen molar-refractivity contribution in [1.29, 1.82) is 0 Å². The maximum Gasteiger partial charge on any atom is 0.431 e. The summed E-state index contributed by atoms with van der Waals surface area (Å²) in [5.41, 5.74) is 0. The van der Waals surface area contributed by atoms with E-state index >= 15 is 0 Å². The largest absolute Gasteiger partial charge is 0.431 e. The maximum absolute atomic E-state index is 10.5. The Morgan fingerprint density at radius 2 is 0.625 bits per heavy atom. The Labute approximate surface area is 56.1 Å². The SMILES string of the molecule is FS(F)(F)(F)(F)F.[Ti]. The minimum Gasteiger partial charge on any atom is -0.0719 e. The van der Waals surface area contributed by atoms with Gasteiger partial charge in [0, 0.05) is 21.7 Å². The average molecular weight is 194 g/mol. The number of halogens is 6. The second-order valence-corrected chi connectivity index (χ2v) is 2.62. The van der Waals surface area contributed by atoms with Crippen LogP contribution in [-0.4, -0.2) is 0 Å². The van der Waals surface area contributed by atoms with Crippen molar-refractivity contribution in [3.8, 4) is 0 Å². The van der Waals surface area contributed by atoms with Gasteiger partial charge in [-0.1, -0.05) is 23.3 Å². The molecule has 52 valence electrons. The molecular formula is F6STi. The first-order valence-corrected chi connectivity index (χ1v) is 2.78. The van der Waals surface area contributed by atoms with Crippen LogP contribution in [0, 0.1) is 0 Å². The van der Waals surface area contributed by atoms with E-state index in [0.29, 0.717) is 0 Å². The van der Waals surface area contributed by atoms with Crippen LogP contribution in [0.25, 0.3) is 0 Å². The Kier molecular flexibility index (Phi) is 1.97. The van der Waals surface area contributed by atoms with Gasteiger partial charge in [-0.05, 0) is 0 Å². The van der Waals surface area contributed by atoms with Gasteiger partial charge in [-0.25, -0.2) is 0 Å². The molecule has 0 fully saturated rings.